The lowest BCUT2D eigenvalue weighted by Gasteiger charge is -2.21. The van der Waals surface area contributed by atoms with Crippen LogP contribution in [-0.4, -0.2) is 41.4 Å². The monoisotopic (exact) mass is 349 g/mol. The van der Waals surface area contributed by atoms with Gasteiger partial charge >= 0.3 is 0 Å². The summed E-state index contributed by atoms with van der Waals surface area (Å²) < 4.78 is 5.50. The van der Waals surface area contributed by atoms with Crippen molar-refractivity contribution in [2.75, 3.05) is 25.1 Å². The summed E-state index contributed by atoms with van der Waals surface area (Å²) in [6.45, 7) is 2.78. The molecule has 2 N–H and O–H groups in total. The zero-order chi connectivity index (χ0) is 17.8. The Morgan fingerprint density at radius 1 is 1.23 bits per heavy atom. The molecule has 0 spiro atoms. The molecule has 0 unspecified atom stereocenters. The van der Waals surface area contributed by atoms with Gasteiger partial charge < -0.3 is 15.0 Å². The quantitative estimate of drug-likeness (QED) is 0.716. The Morgan fingerprint density at radius 3 is 3.00 bits per heavy atom. The first-order valence-electron chi connectivity index (χ1n) is 8.89. The molecule has 0 aliphatic carbocycles. The van der Waals surface area contributed by atoms with Crippen LogP contribution in [0.5, 0.6) is 5.75 Å². The van der Waals surface area contributed by atoms with Crippen molar-refractivity contribution in [2.45, 2.75) is 19.0 Å². The first kappa shape index (κ1) is 16.6. The largest absolute Gasteiger partial charge is 0.495 e. The highest BCUT2D eigenvalue weighted by Gasteiger charge is 2.24. The Balaban J connectivity index is 1.39. The summed E-state index contributed by atoms with van der Waals surface area (Å²) >= 11 is 0. The third-order valence-corrected chi connectivity index (χ3v) is 4.86. The fraction of sp³-hybridized carbons (Fsp3) is 0.300. The van der Waals surface area contributed by atoms with E-state index in [2.05, 4.69) is 37.5 Å². The van der Waals surface area contributed by atoms with Crippen LogP contribution in [0.3, 0.4) is 0 Å². The van der Waals surface area contributed by atoms with Crippen molar-refractivity contribution >= 4 is 5.69 Å². The normalized spacial score (nSPS) is 16.8. The van der Waals surface area contributed by atoms with Crippen molar-refractivity contribution in [1.82, 2.24) is 20.5 Å². The summed E-state index contributed by atoms with van der Waals surface area (Å²) in [5, 5.41) is 11.0. The molecule has 134 valence electrons. The van der Waals surface area contributed by atoms with E-state index in [1.165, 1.54) is 5.69 Å². The van der Waals surface area contributed by atoms with Gasteiger partial charge in [0, 0.05) is 49.2 Å². The molecular weight excluding hydrogens is 326 g/mol. The topological polar surface area (TPSA) is 66.1 Å². The zero-order valence-corrected chi connectivity index (χ0v) is 14.9. The standard InChI is InChI=1S/C20H23N5O/c1-26-19-7-3-2-6-18(19)25-10-8-17(14-25)22-12-16-13-23-24-20(16)15-5-4-9-21-11-15/h2-7,9,11,13,17,22H,8,10,12,14H2,1H3,(H,23,24)/t17-/m0/s1. The van der Waals surface area contributed by atoms with Crippen LogP contribution in [0.4, 0.5) is 5.69 Å². The van der Waals surface area contributed by atoms with E-state index < -0.39 is 0 Å². The molecule has 1 aromatic carbocycles. The molecule has 1 aliphatic heterocycles. The number of anilines is 1. The third-order valence-electron chi connectivity index (χ3n) is 4.86. The van der Waals surface area contributed by atoms with Gasteiger partial charge in [0.15, 0.2) is 0 Å². The summed E-state index contributed by atoms with van der Waals surface area (Å²) in [6.07, 6.45) is 6.64. The molecule has 6 heteroatoms. The number of rotatable bonds is 6. The van der Waals surface area contributed by atoms with Gasteiger partial charge in [-0.15, -0.1) is 0 Å². The summed E-state index contributed by atoms with van der Waals surface area (Å²) in [7, 11) is 1.73. The SMILES string of the molecule is COc1ccccc1N1CC[C@H](NCc2cn[nH]c2-c2cccnc2)C1. The number of hydrogen-bond acceptors (Lipinski definition) is 5. The smallest absolute Gasteiger partial charge is 0.142 e. The number of pyridine rings is 1. The van der Waals surface area contributed by atoms with Gasteiger partial charge in [-0.1, -0.05) is 12.1 Å². The first-order chi connectivity index (χ1) is 12.8. The number of methoxy groups -OCH3 is 1. The Bertz CT molecular complexity index is 848. The van der Waals surface area contributed by atoms with Gasteiger partial charge in [-0.3, -0.25) is 10.1 Å². The van der Waals surface area contributed by atoms with Gasteiger partial charge in [-0.25, -0.2) is 0 Å². The summed E-state index contributed by atoms with van der Waals surface area (Å²) in [5.41, 5.74) is 4.42. The lowest BCUT2D eigenvalue weighted by Crippen LogP contribution is -2.32. The number of benzene rings is 1. The number of aromatic amines is 1. The second-order valence-corrected chi connectivity index (χ2v) is 6.50. The molecule has 1 fully saturated rings. The van der Waals surface area contributed by atoms with E-state index in [-0.39, 0.29) is 0 Å². The summed E-state index contributed by atoms with van der Waals surface area (Å²) in [6, 6.07) is 12.6. The average molecular weight is 349 g/mol. The Kier molecular flexibility index (Phi) is 4.84. The molecule has 1 aliphatic rings. The molecule has 3 heterocycles. The van der Waals surface area contributed by atoms with Crippen molar-refractivity contribution in [3.05, 3.63) is 60.6 Å². The fourth-order valence-corrected chi connectivity index (χ4v) is 3.50. The van der Waals surface area contributed by atoms with E-state index in [0.29, 0.717) is 6.04 Å². The van der Waals surface area contributed by atoms with Crippen LogP contribution in [0, 0.1) is 0 Å². The van der Waals surface area contributed by atoms with Crippen LogP contribution >= 0.6 is 0 Å². The van der Waals surface area contributed by atoms with E-state index in [1.54, 1.807) is 13.3 Å². The lowest BCUT2D eigenvalue weighted by molar-refractivity contribution is 0.414. The minimum absolute atomic E-state index is 0.441. The molecule has 26 heavy (non-hydrogen) atoms. The number of para-hydroxylation sites is 2. The lowest BCUT2D eigenvalue weighted by atomic mass is 10.1. The molecular formula is C20H23N5O. The highest BCUT2D eigenvalue weighted by molar-refractivity contribution is 5.61. The molecule has 1 saturated heterocycles. The molecule has 0 bridgehead atoms. The fourth-order valence-electron chi connectivity index (χ4n) is 3.50. The number of aromatic nitrogens is 3. The van der Waals surface area contributed by atoms with E-state index in [9.17, 15) is 0 Å². The predicted molar refractivity (Wildman–Crippen MR) is 102 cm³/mol. The third kappa shape index (κ3) is 3.41. The summed E-state index contributed by atoms with van der Waals surface area (Å²) in [5.74, 6) is 0.932. The maximum Gasteiger partial charge on any atom is 0.142 e. The molecule has 4 rings (SSSR count). The molecule has 0 amide bonds. The Labute approximate surface area is 153 Å². The van der Waals surface area contributed by atoms with Crippen molar-refractivity contribution in [1.29, 1.82) is 0 Å². The van der Waals surface area contributed by atoms with Gasteiger partial charge in [0.25, 0.3) is 0 Å². The number of ether oxygens (including phenoxy) is 1. The van der Waals surface area contributed by atoms with Crippen LogP contribution in [0.15, 0.2) is 55.0 Å². The van der Waals surface area contributed by atoms with Crippen LogP contribution in [-0.2, 0) is 6.54 Å². The predicted octanol–water partition coefficient (Wildman–Crippen LogP) is 2.85. The minimum atomic E-state index is 0.441. The van der Waals surface area contributed by atoms with Crippen LogP contribution in [0.2, 0.25) is 0 Å². The molecule has 0 saturated carbocycles. The maximum absolute atomic E-state index is 5.50. The van der Waals surface area contributed by atoms with Crippen molar-refractivity contribution < 1.29 is 4.74 Å². The second kappa shape index (κ2) is 7.58. The maximum atomic E-state index is 5.50. The zero-order valence-electron chi connectivity index (χ0n) is 14.9. The van der Waals surface area contributed by atoms with Crippen LogP contribution in [0.1, 0.15) is 12.0 Å². The van der Waals surface area contributed by atoms with Gasteiger partial charge in [0.1, 0.15) is 5.75 Å². The Morgan fingerprint density at radius 2 is 2.15 bits per heavy atom. The minimum Gasteiger partial charge on any atom is -0.495 e. The molecule has 6 nitrogen and oxygen atoms in total. The van der Waals surface area contributed by atoms with Crippen molar-refractivity contribution in [3.63, 3.8) is 0 Å². The van der Waals surface area contributed by atoms with Crippen molar-refractivity contribution in [2.24, 2.45) is 0 Å². The van der Waals surface area contributed by atoms with E-state index in [0.717, 1.165) is 48.6 Å². The summed E-state index contributed by atoms with van der Waals surface area (Å²) in [4.78, 5) is 6.58. The number of nitrogens with one attached hydrogen (secondary N) is 2. The van der Waals surface area contributed by atoms with Gasteiger partial charge in [0.05, 0.1) is 24.7 Å². The van der Waals surface area contributed by atoms with Crippen LogP contribution in [0.25, 0.3) is 11.3 Å². The first-order valence-corrected chi connectivity index (χ1v) is 8.89. The molecule has 2 aromatic heterocycles. The van der Waals surface area contributed by atoms with Gasteiger partial charge in [-0.05, 0) is 30.7 Å². The molecule has 0 radical (unpaired) electrons. The van der Waals surface area contributed by atoms with Gasteiger partial charge in [-0.2, -0.15) is 5.10 Å². The van der Waals surface area contributed by atoms with Crippen molar-refractivity contribution in [3.8, 4) is 17.0 Å². The average Bonchev–Trinajstić information content (AvgIpc) is 3.36. The Hall–Kier alpha value is -2.86. The molecule has 1 atom stereocenters. The highest BCUT2D eigenvalue weighted by atomic mass is 16.5. The number of H-pyrrole nitrogens is 1. The van der Waals surface area contributed by atoms with E-state index in [4.69, 9.17) is 4.74 Å². The highest BCUT2D eigenvalue weighted by Crippen LogP contribution is 2.30. The van der Waals surface area contributed by atoms with E-state index >= 15 is 0 Å². The number of hydrogen-bond donors (Lipinski definition) is 2. The van der Waals surface area contributed by atoms with E-state index in [1.807, 2.05) is 36.7 Å². The van der Waals surface area contributed by atoms with Gasteiger partial charge in [0.2, 0.25) is 0 Å². The second-order valence-electron chi connectivity index (χ2n) is 6.50. The molecule has 3 aromatic rings. The van der Waals surface area contributed by atoms with Crippen LogP contribution < -0.4 is 15.0 Å². The number of nitrogens with zero attached hydrogens (tertiary/aromatic N) is 3.